The number of rotatable bonds is 3. The summed E-state index contributed by atoms with van der Waals surface area (Å²) < 4.78 is 106. The summed E-state index contributed by atoms with van der Waals surface area (Å²) >= 11 is 0. The van der Waals surface area contributed by atoms with E-state index < -0.39 is 29.9 Å². The first-order valence-corrected chi connectivity index (χ1v) is 3.13. The SMILES string of the molecule is Cl.O=C(O)C(F)(F)C(F)(F)C(F)(F)C(F)(F)F. The Hall–Kier alpha value is -0.870. The molecule has 0 spiro atoms. The molecule has 0 amide bonds. The molecule has 1 N–H and O–H groups in total. The van der Waals surface area contributed by atoms with Crippen LogP contribution in [-0.2, 0) is 4.79 Å². The molecule has 0 rings (SSSR count). The van der Waals surface area contributed by atoms with Gasteiger partial charge in [-0.1, -0.05) is 0 Å². The minimum atomic E-state index is -7.16. The van der Waals surface area contributed by atoms with Crippen LogP contribution in [0.25, 0.3) is 0 Å². The van der Waals surface area contributed by atoms with Crippen LogP contribution in [0.4, 0.5) is 39.5 Å². The molecule has 17 heavy (non-hydrogen) atoms. The van der Waals surface area contributed by atoms with Gasteiger partial charge in [0.25, 0.3) is 0 Å². The Balaban J connectivity index is 0. The van der Waals surface area contributed by atoms with E-state index in [1.54, 1.807) is 0 Å². The fourth-order valence-electron chi connectivity index (χ4n) is 0.509. The molecule has 2 nitrogen and oxygen atoms in total. The number of carboxylic acid groups (broad SMARTS) is 1. The lowest BCUT2D eigenvalue weighted by molar-refractivity contribution is -0.390. The molecule has 0 saturated heterocycles. The van der Waals surface area contributed by atoms with Crippen molar-refractivity contribution in [1.29, 1.82) is 0 Å². The quantitative estimate of drug-likeness (QED) is 0.814. The zero-order chi connectivity index (χ0) is 13.6. The highest BCUT2D eigenvalue weighted by Crippen LogP contribution is 2.52. The largest absolute Gasteiger partial charge is 0.477 e. The van der Waals surface area contributed by atoms with Gasteiger partial charge >= 0.3 is 29.9 Å². The second-order valence-electron chi connectivity index (χ2n) is 2.53. The molecule has 0 unspecified atom stereocenters. The Kier molecular flexibility index (Phi) is 4.81. The molecular formula is C5H2ClF9O2. The lowest BCUT2D eigenvalue weighted by atomic mass is 10.0. The highest BCUT2D eigenvalue weighted by molar-refractivity contribution is 5.85. The van der Waals surface area contributed by atoms with E-state index in [0.29, 0.717) is 0 Å². The van der Waals surface area contributed by atoms with Crippen molar-refractivity contribution < 1.29 is 49.4 Å². The number of carbonyl (C=O) groups is 1. The summed E-state index contributed by atoms with van der Waals surface area (Å²) in [6, 6.07) is 0. The number of hydrogen-bond donors (Lipinski definition) is 1. The van der Waals surface area contributed by atoms with E-state index in [4.69, 9.17) is 5.11 Å². The molecular weight excluding hydrogens is 298 g/mol. The van der Waals surface area contributed by atoms with Gasteiger partial charge in [0.2, 0.25) is 0 Å². The van der Waals surface area contributed by atoms with Crippen molar-refractivity contribution in [2.75, 3.05) is 0 Å². The summed E-state index contributed by atoms with van der Waals surface area (Å²) in [7, 11) is 0. The third-order valence-electron chi connectivity index (χ3n) is 1.41. The average Bonchev–Trinajstić information content (AvgIpc) is 2.00. The zero-order valence-electron chi connectivity index (χ0n) is 7.17. The minimum absolute atomic E-state index is 0. The van der Waals surface area contributed by atoms with Crippen LogP contribution in [0.15, 0.2) is 0 Å². The first kappa shape index (κ1) is 18.5. The molecule has 104 valence electrons. The Morgan fingerprint density at radius 2 is 1.06 bits per heavy atom. The molecule has 0 aliphatic heterocycles. The van der Waals surface area contributed by atoms with Crippen LogP contribution in [-0.4, -0.2) is 35.0 Å². The standard InChI is InChI=1S/C5HF9O2.ClH/c6-2(7,1(15)16)3(8,9)4(10,11)5(12,13)14;/h(H,15,16);1H. The van der Waals surface area contributed by atoms with Crippen LogP contribution in [0.2, 0.25) is 0 Å². The Morgan fingerprint density at radius 3 is 1.24 bits per heavy atom. The van der Waals surface area contributed by atoms with Gasteiger partial charge in [-0.05, 0) is 0 Å². The van der Waals surface area contributed by atoms with Gasteiger partial charge in [-0.15, -0.1) is 12.4 Å². The number of halogens is 10. The molecule has 12 heteroatoms. The van der Waals surface area contributed by atoms with E-state index in [0.717, 1.165) is 0 Å². The van der Waals surface area contributed by atoms with Crippen molar-refractivity contribution in [1.82, 2.24) is 0 Å². The van der Waals surface area contributed by atoms with E-state index in [2.05, 4.69) is 0 Å². The molecule has 0 bridgehead atoms. The monoisotopic (exact) mass is 300 g/mol. The normalized spacial score (nSPS) is 14.2. The molecule has 0 aromatic rings. The van der Waals surface area contributed by atoms with E-state index in [1.165, 1.54) is 0 Å². The molecule has 0 saturated carbocycles. The van der Waals surface area contributed by atoms with Gasteiger partial charge in [0.1, 0.15) is 0 Å². The molecule has 0 fully saturated rings. The molecule has 0 aromatic heterocycles. The van der Waals surface area contributed by atoms with Crippen molar-refractivity contribution >= 4 is 18.4 Å². The van der Waals surface area contributed by atoms with Gasteiger partial charge in [0, 0.05) is 0 Å². The van der Waals surface area contributed by atoms with Crippen molar-refractivity contribution in [2.45, 2.75) is 23.9 Å². The summed E-state index contributed by atoms with van der Waals surface area (Å²) in [6.45, 7) is 0. The topological polar surface area (TPSA) is 37.3 Å². The van der Waals surface area contributed by atoms with Gasteiger partial charge in [-0.25, -0.2) is 4.79 Å². The molecule has 0 aliphatic carbocycles. The van der Waals surface area contributed by atoms with Gasteiger partial charge in [0.15, 0.2) is 0 Å². The van der Waals surface area contributed by atoms with E-state index in [-0.39, 0.29) is 12.4 Å². The summed E-state index contributed by atoms with van der Waals surface area (Å²) in [5, 5.41) is 7.48. The van der Waals surface area contributed by atoms with Crippen LogP contribution in [0.3, 0.4) is 0 Å². The van der Waals surface area contributed by atoms with E-state index in [1.807, 2.05) is 0 Å². The first-order valence-electron chi connectivity index (χ1n) is 3.13. The van der Waals surface area contributed by atoms with Crippen molar-refractivity contribution in [3.05, 3.63) is 0 Å². The van der Waals surface area contributed by atoms with Crippen LogP contribution in [0.1, 0.15) is 0 Å². The lowest BCUT2D eigenvalue weighted by Gasteiger charge is -2.31. The minimum Gasteiger partial charge on any atom is -0.477 e. The fourth-order valence-corrected chi connectivity index (χ4v) is 0.509. The van der Waals surface area contributed by atoms with Gasteiger partial charge < -0.3 is 5.11 Å². The summed E-state index contributed by atoms with van der Waals surface area (Å²) in [5.41, 5.74) is 0. The molecule has 0 aromatic carbocycles. The number of aliphatic carboxylic acids is 1. The highest BCUT2D eigenvalue weighted by atomic mass is 35.5. The van der Waals surface area contributed by atoms with Crippen LogP contribution in [0.5, 0.6) is 0 Å². The maximum absolute atomic E-state index is 12.1. The molecule has 0 heterocycles. The summed E-state index contributed by atoms with van der Waals surface area (Å²) in [5.74, 6) is -24.6. The fraction of sp³-hybridized carbons (Fsp3) is 0.800. The number of alkyl halides is 9. The molecule has 0 radical (unpaired) electrons. The van der Waals surface area contributed by atoms with E-state index in [9.17, 15) is 44.3 Å². The summed E-state index contributed by atoms with van der Waals surface area (Å²) in [6.07, 6.45) is -7.00. The average molecular weight is 301 g/mol. The molecule has 0 atom stereocenters. The third kappa shape index (κ3) is 2.53. The van der Waals surface area contributed by atoms with Gasteiger partial charge in [-0.3, -0.25) is 0 Å². The Labute approximate surface area is 92.8 Å². The predicted molar refractivity (Wildman–Crippen MR) is 35.8 cm³/mol. The van der Waals surface area contributed by atoms with Gasteiger partial charge in [0.05, 0.1) is 0 Å². The van der Waals surface area contributed by atoms with Crippen LogP contribution >= 0.6 is 12.4 Å². The lowest BCUT2D eigenvalue weighted by Crippen LogP contribution is -2.63. The third-order valence-corrected chi connectivity index (χ3v) is 1.41. The van der Waals surface area contributed by atoms with Crippen LogP contribution in [0, 0.1) is 0 Å². The van der Waals surface area contributed by atoms with Crippen molar-refractivity contribution in [2.24, 2.45) is 0 Å². The Morgan fingerprint density at radius 1 is 0.765 bits per heavy atom. The second kappa shape index (κ2) is 4.42. The van der Waals surface area contributed by atoms with Crippen molar-refractivity contribution in [3.63, 3.8) is 0 Å². The number of carboxylic acids is 1. The van der Waals surface area contributed by atoms with E-state index >= 15 is 0 Å². The van der Waals surface area contributed by atoms with Gasteiger partial charge in [-0.2, -0.15) is 39.5 Å². The number of hydrogen-bond acceptors (Lipinski definition) is 1. The van der Waals surface area contributed by atoms with Crippen molar-refractivity contribution in [3.8, 4) is 0 Å². The predicted octanol–water partition coefficient (Wildman–Crippen LogP) is 2.96. The maximum atomic E-state index is 12.1. The van der Waals surface area contributed by atoms with Crippen LogP contribution < -0.4 is 0 Å². The second-order valence-corrected chi connectivity index (χ2v) is 2.53. The Bertz CT molecular complexity index is 296. The zero-order valence-corrected chi connectivity index (χ0v) is 7.98. The highest BCUT2D eigenvalue weighted by Gasteiger charge is 2.84. The summed E-state index contributed by atoms with van der Waals surface area (Å²) in [4.78, 5) is 9.51. The molecule has 0 aliphatic rings. The maximum Gasteiger partial charge on any atom is 0.460 e. The smallest absolute Gasteiger partial charge is 0.460 e. The first-order chi connectivity index (χ1) is 6.69.